The molecule has 1 atom stereocenters. The molecule has 17 heteroatoms. The van der Waals surface area contributed by atoms with E-state index in [1.165, 1.54) is 18.1 Å². The van der Waals surface area contributed by atoms with Gasteiger partial charge >= 0.3 is 18.4 Å². The molecular weight excluding hydrogens is 640 g/mol. The first-order valence-electron chi connectivity index (χ1n) is 13.3. The summed E-state index contributed by atoms with van der Waals surface area (Å²) in [6.45, 7) is 3.59. The molecule has 0 bridgehead atoms. The fourth-order valence-corrected chi connectivity index (χ4v) is 5.31. The zero-order chi connectivity index (χ0) is 33.4. The number of methoxy groups -OCH3 is 1. The number of halogens is 6. The second-order valence-electron chi connectivity index (χ2n) is 9.96. The molecule has 10 nitrogen and oxygen atoms in total. The molecule has 1 aliphatic heterocycles. The van der Waals surface area contributed by atoms with Crippen molar-refractivity contribution < 1.29 is 40.7 Å². The first kappa shape index (κ1) is 32.6. The monoisotopic (exact) mass is 663 g/mol. The minimum Gasteiger partial charge on any atom is -0.377 e. The van der Waals surface area contributed by atoms with E-state index in [2.05, 4.69) is 25.4 Å². The molecule has 3 amide bonds. The molecule has 3 heterocycles. The van der Waals surface area contributed by atoms with E-state index in [0.29, 0.717) is 23.5 Å². The molecule has 1 fully saturated rings. The average Bonchev–Trinajstić information content (AvgIpc) is 3.63. The van der Waals surface area contributed by atoms with E-state index < -0.39 is 41.3 Å². The molecular formula is C29H23F6N7O3S. The van der Waals surface area contributed by atoms with Crippen LogP contribution in [0.25, 0.3) is 17.2 Å². The molecule has 1 aliphatic rings. The third-order valence-electron chi connectivity index (χ3n) is 6.81. The zero-order valence-electron chi connectivity index (χ0n) is 24.1. The Morgan fingerprint density at radius 2 is 1.80 bits per heavy atom. The topological polar surface area (TPSA) is 115 Å². The summed E-state index contributed by atoms with van der Waals surface area (Å²) in [5.74, 6) is -0.630. The number of amides is 3. The lowest BCUT2D eigenvalue weighted by Gasteiger charge is -2.23. The smallest absolute Gasteiger partial charge is 0.377 e. The molecule has 1 N–H and O–H groups in total. The molecule has 1 saturated heterocycles. The summed E-state index contributed by atoms with van der Waals surface area (Å²) in [5.41, 5.74) is -1.01. The van der Waals surface area contributed by atoms with Crippen LogP contribution in [0.15, 0.2) is 66.0 Å². The fraction of sp³-hybridized carbons (Fsp3) is 0.241. The molecule has 240 valence electrons. The predicted octanol–water partition coefficient (Wildman–Crippen LogP) is 7.05. The number of rotatable bonds is 6. The number of aryl methyl sites for hydroxylation is 1. The number of amidine groups is 1. The van der Waals surface area contributed by atoms with Gasteiger partial charge in [0.2, 0.25) is 5.91 Å². The Bertz CT molecular complexity index is 1820. The number of anilines is 2. The van der Waals surface area contributed by atoms with Crippen LogP contribution in [-0.4, -0.2) is 49.7 Å². The van der Waals surface area contributed by atoms with Crippen molar-refractivity contribution in [3.05, 3.63) is 83.3 Å². The molecule has 4 aromatic rings. The highest BCUT2D eigenvalue weighted by atomic mass is 32.2. The van der Waals surface area contributed by atoms with Crippen LogP contribution in [0.3, 0.4) is 0 Å². The van der Waals surface area contributed by atoms with Crippen LogP contribution >= 0.6 is 11.8 Å². The predicted molar refractivity (Wildman–Crippen MR) is 158 cm³/mol. The van der Waals surface area contributed by atoms with Crippen molar-refractivity contribution in [1.82, 2.24) is 19.7 Å². The van der Waals surface area contributed by atoms with Gasteiger partial charge in [-0.15, -0.1) is 5.10 Å². The number of thioether (sulfide) groups is 1. The maximum atomic E-state index is 14.1. The number of ether oxygens (including phenoxy) is 1. The quantitative estimate of drug-likeness (QED) is 0.220. The van der Waals surface area contributed by atoms with E-state index in [9.17, 15) is 35.9 Å². The SMILES string of the molecule is COC(C)c1ccc(C)cc1N1C(=O)CS/C1=N\C(=O)Nc1ccc(-c2ncn(-c3ccc(C(F)(F)F)cn3)n2)cc1C(F)(F)F. The van der Waals surface area contributed by atoms with Crippen molar-refractivity contribution in [3.63, 3.8) is 0 Å². The number of alkyl halides is 6. The van der Waals surface area contributed by atoms with Gasteiger partial charge in [-0.3, -0.25) is 9.69 Å². The van der Waals surface area contributed by atoms with E-state index in [4.69, 9.17) is 4.74 Å². The van der Waals surface area contributed by atoms with Crippen LogP contribution in [0, 0.1) is 6.92 Å². The van der Waals surface area contributed by atoms with Gasteiger partial charge in [-0.05, 0) is 55.8 Å². The van der Waals surface area contributed by atoms with E-state index >= 15 is 0 Å². The number of benzene rings is 2. The molecule has 2 aromatic heterocycles. The Hall–Kier alpha value is -4.77. The summed E-state index contributed by atoms with van der Waals surface area (Å²) in [6, 6.07) is 8.95. The number of aliphatic imine (C=N–C) groups is 1. The number of urea groups is 1. The molecule has 0 saturated carbocycles. The van der Waals surface area contributed by atoms with Crippen molar-refractivity contribution in [3.8, 4) is 17.2 Å². The van der Waals surface area contributed by atoms with Crippen molar-refractivity contribution in [2.75, 3.05) is 23.1 Å². The van der Waals surface area contributed by atoms with Crippen molar-refractivity contribution in [2.45, 2.75) is 32.3 Å². The van der Waals surface area contributed by atoms with Crippen LogP contribution in [0.1, 0.15) is 35.3 Å². The number of carbonyl (C=O) groups excluding carboxylic acids is 2. The van der Waals surface area contributed by atoms with Crippen LogP contribution in [0.4, 0.5) is 42.5 Å². The molecule has 1 unspecified atom stereocenters. The van der Waals surface area contributed by atoms with Gasteiger partial charge in [-0.1, -0.05) is 23.9 Å². The van der Waals surface area contributed by atoms with Crippen LogP contribution in [-0.2, 0) is 21.9 Å². The maximum absolute atomic E-state index is 14.1. The second kappa shape index (κ2) is 12.6. The number of hydrogen-bond donors (Lipinski definition) is 1. The number of pyridine rings is 1. The van der Waals surface area contributed by atoms with Crippen LogP contribution in [0.2, 0.25) is 0 Å². The first-order chi connectivity index (χ1) is 21.7. The highest BCUT2D eigenvalue weighted by Gasteiger charge is 2.36. The minimum atomic E-state index is -4.93. The number of nitrogens with zero attached hydrogens (tertiary/aromatic N) is 6. The summed E-state index contributed by atoms with van der Waals surface area (Å²) in [6.07, 6.45) is -8.26. The van der Waals surface area contributed by atoms with Gasteiger partial charge in [0.1, 0.15) is 6.33 Å². The maximum Gasteiger partial charge on any atom is 0.418 e. The summed E-state index contributed by atoms with van der Waals surface area (Å²) in [7, 11) is 1.50. The largest absolute Gasteiger partial charge is 0.418 e. The van der Waals surface area contributed by atoms with Crippen molar-refractivity contribution >= 4 is 40.2 Å². The summed E-state index contributed by atoms with van der Waals surface area (Å²) in [5, 5.41) is 6.17. The third kappa shape index (κ3) is 6.89. The molecule has 2 aromatic carbocycles. The van der Waals surface area contributed by atoms with E-state index in [-0.39, 0.29) is 34.0 Å². The Morgan fingerprint density at radius 3 is 2.46 bits per heavy atom. The van der Waals surface area contributed by atoms with Gasteiger partial charge in [-0.25, -0.2) is 19.4 Å². The Morgan fingerprint density at radius 1 is 1.04 bits per heavy atom. The van der Waals surface area contributed by atoms with Gasteiger partial charge in [0.05, 0.1) is 34.4 Å². The minimum absolute atomic E-state index is 0.0190. The lowest BCUT2D eigenvalue weighted by molar-refractivity contribution is -0.138. The number of nitrogens with one attached hydrogen (secondary N) is 1. The van der Waals surface area contributed by atoms with E-state index in [1.807, 2.05) is 13.0 Å². The highest BCUT2D eigenvalue weighted by Crippen LogP contribution is 2.38. The Labute approximate surface area is 261 Å². The summed E-state index contributed by atoms with van der Waals surface area (Å²) >= 11 is 0.961. The fourth-order valence-electron chi connectivity index (χ4n) is 4.45. The lowest BCUT2D eigenvalue weighted by atomic mass is 10.0. The molecule has 0 spiro atoms. The molecule has 0 radical (unpaired) electrons. The zero-order valence-corrected chi connectivity index (χ0v) is 25.0. The standard InChI is InChI=1S/C29H23F6N7O3S/c1-15-4-7-19(16(2)45-3)22(10-15)42-24(43)13-46-27(42)39-26(44)38-21-8-5-17(11-20(21)29(33,34)35)25-37-14-41(40-25)23-9-6-18(12-36-23)28(30,31)32/h4-12,14,16H,13H2,1-3H3,(H,38,44)/b39-27-. The van der Waals surface area contributed by atoms with Crippen molar-refractivity contribution in [1.29, 1.82) is 0 Å². The van der Waals surface area contributed by atoms with Gasteiger partial charge in [-0.2, -0.15) is 31.3 Å². The molecule has 5 rings (SSSR count). The third-order valence-corrected chi connectivity index (χ3v) is 7.73. The Kier molecular flexibility index (Phi) is 8.90. The van der Waals surface area contributed by atoms with E-state index in [0.717, 1.165) is 46.5 Å². The van der Waals surface area contributed by atoms with Gasteiger partial charge in [0, 0.05) is 24.4 Å². The Balaban J connectivity index is 1.41. The second-order valence-corrected chi connectivity index (χ2v) is 10.9. The normalized spacial score (nSPS) is 15.5. The lowest BCUT2D eigenvalue weighted by Crippen LogP contribution is -2.31. The first-order valence-corrected chi connectivity index (χ1v) is 14.3. The number of carbonyl (C=O) groups is 2. The molecule has 46 heavy (non-hydrogen) atoms. The summed E-state index contributed by atoms with van der Waals surface area (Å²) in [4.78, 5) is 38.6. The van der Waals surface area contributed by atoms with Crippen LogP contribution in [0.5, 0.6) is 0 Å². The van der Waals surface area contributed by atoms with E-state index in [1.54, 1.807) is 19.1 Å². The van der Waals surface area contributed by atoms with Gasteiger partial charge in [0.15, 0.2) is 16.8 Å². The average molecular weight is 664 g/mol. The summed E-state index contributed by atoms with van der Waals surface area (Å²) < 4.78 is 87.3. The number of aromatic nitrogens is 4. The highest BCUT2D eigenvalue weighted by molar-refractivity contribution is 8.15. The van der Waals surface area contributed by atoms with Crippen LogP contribution < -0.4 is 10.2 Å². The van der Waals surface area contributed by atoms with Gasteiger partial charge < -0.3 is 10.1 Å². The van der Waals surface area contributed by atoms with Crippen molar-refractivity contribution in [2.24, 2.45) is 4.99 Å². The number of hydrogen-bond acceptors (Lipinski definition) is 7. The van der Waals surface area contributed by atoms with Gasteiger partial charge in [0.25, 0.3) is 0 Å². The molecule has 0 aliphatic carbocycles.